The second kappa shape index (κ2) is 6.14. The number of rotatable bonds is 3. The Labute approximate surface area is 125 Å². The van der Waals surface area contributed by atoms with E-state index in [-0.39, 0.29) is 5.82 Å². The van der Waals surface area contributed by atoms with E-state index in [0.717, 1.165) is 0 Å². The minimum Gasteiger partial charge on any atom is -0.389 e. The second-order valence-electron chi connectivity index (χ2n) is 4.04. The van der Waals surface area contributed by atoms with E-state index < -0.39 is 6.10 Å². The Morgan fingerprint density at radius 1 is 1.11 bits per heavy atom. The van der Waals surface area contributed by atoms with Crippen LogP contribution in [0.1, 0.15) is 18.6 Å². The highest BCUT2D eigenvalue weighted by Crippen LogP contribution is 2.36. The van der Waals surface area contributed by atoms with Gasteiger partial charge in [0.25, 0.3) is 0 Å². The summed E-state index contributed by atoms with van der Waals surface area (Å²) in [5.41, 5.74) is 0.541. The lowest BCUT2D eigenvalue weighted by Gasteiger charge is -2.09. The van der Waals surface area contributed by atoms with Crippen LogP contribution < -0.4 is 0 Å². The molecule has 0 aliphatic rings. The Hall–Kier alpha value is -0.740. The van der Waals surface area contributed by atoms with E-state index in [4.69, 9.17) is 23.2 Å². The van der Waals surface area contributed by atoms with Crippen LogP contribution >= 0.6 is 35.0 Å². The quantitative estimate of drug-likeness (QED) is 0.825. The first-order valence-corrected chi connectivity index (χ1v) is 7.15. The van der Waals surface area contributed by atoms with Crippen LogP contribution in [0, 0.1) is 5.82 Å². The molecule has 2 rings (SSSR count). The fraction of sp³-hybridized carbons (Fsp3) is 0.143. The topological polar surface area (TPSA) is 20.2 Å². The Bertz CT molecular complexity index is 602. The molecule has 0 bridgehead atoms. The number of hydrogen-bond acceptors (Lipinski definition) is 2. The van der Waals surface area contributed by atoms with E-state index in [1.165, 1.54) is 17.8 Å². The maximum Gasteiger partial charge on any atom is 0.137 e. The first-order chi connectivity index (χ1) is 8.97. The molecule has 0 aliphatic carbocycles. The summed E-state index contributed by atoms with van der Waals surface area (Å²) in [5, 5.41) is 10.5. The lowest BCUT2D eigenvalue weighted by Crippen LogP contribution is -1.93. The molecule has 1 nitrogen and oxygen atoms in total. The van der Waals surface area contributed by atoms with Crippen molar-refractivity contribution in [2.45, 2.75) is 22.8 Å². The average molecular weight is 317 g/mol. The molecule has 0 saturated heterocycles. The SMILES string of the molecule is C[C@@H](O)c1ccc(Sc2cc(Cl)ccc2Cl)c(F)c1. The zero-order valence-corrected chi connectivity index (χ0v) is 12.4. The van der Waals surface area contributed by atoms with Crippen molar-refractivity contribution in [3.8, 4) is 0 Å². The Morgan fingerprint density at radius 3 is 2.47 bits per heavy atom. The highest BCUT2D eigenvalue weighted by molar-refractivity contribution is 7.99. The summed E-state index contributed by atoms with van der Waals surface area (Å²) < 4.78 is 13.9. The van der Waals surface area contributed by atoms with Gasteiger partial charge in [0.05, 0.1) is 11.1 Å². The summed E-state index contributed by atoms with van der Waals surface area (Å²) in [6.45, 7) is 1.59. The number of aliphatic hydroxyl groups excluding tert-OH is 1. The molecule has 2 aromatic carbocycles. The van der Waals surface area contributed by atoms with E-state index >= 15 is 0 Å². The Kier molecular flexibility index (Phi) is 4.74. The van der Waals surface area contributed by atoms with Crippen molar-refractivity contribution in [3.63, 3.8) is 0 Å². The number of benzene rings is 2. The zero-order valence-electron chi connectivity index (χ0n) is 10.0. The van der Waals surface area contributed by atoms with Crippen molar-refractivity contribution in [1.29, 1.82) is 0 Å². The highest BCUT2D eigenvalue weighted by atomic mass is 35.5. The molecule has 1 N–H and O–H groups in total. The molecule has 0 amide bonds. The van der Waals surface area contributed by atoms with Crippen LogP contribution in [0.25, 0.3) is 0 Å². The van der Waals surface area contributed by atoms with E-state index in [9.17, 15) is 9.50 Å². The number of aliphatic hydroxyl groups is 1. The maximum absolute atomic E-state index is 13.9. The lowest BCUT2D eigenvalue weighted by atomic mass is 10.1. The average Bonchev–Trinajstić information content (AvgIpc) is 2.36. The monoisotopic (exact) mass is 316 g/mol. The molecule has 2 aromatic rings. The molecular weight excluding hydrogens is 306 g/mol. The zero-order chi connectivity index (χ0) is 14.0. The van der Waals surface area contributed by atoms with Gasteiger partial charge in [-0.1, -0.05) is 41.0 Å². The van der Waals surface area contributed by atoms with Crippen molar-refractivity contribution >= 4 is 35.0 Å². The molecule has 0 radical (unpaired) electrons. The largest absolute Gasteiger partial charge is 0.389 e. The van der Waals surface area contributed by atoms with Gasteiger partial charge in [0, 0.05) is 14.8 Å². The van der Waals surface area contributed by atoms with Crippen molar-refractivity contribution in [3.05, 3.63) is 57.8 Å². The van der Waals surface area contributed by atoms with Crippen LogP contribution in [0.4, 0.5) is 4.39 Å². The second-order valence-corrected chi connectivity index (χ2v) is 5.97. The number of hydrogen-bond donors (Lipinski definition) is 1. The predicted octanol–water partition coefficient (Wildman–Crippen LogP) is 5.34. The van der Waals surface area contributed by atoms with E-state index in [2.05, 4.69) is 0 Å². The van der Waals surface area contributed by atoms with Gasteiger partial charge in [0.15, 0.2) is 0 Å². The van der Waals surface area contributed by atoms with Gasteiger partial charge >= 0.3 is 0 Å². The molecule has 1 atom stereocenters. The standard InChI is InChI=1S/C14H11Cl2FOS/c1-8(18)9-2-5-13(12(17)6-9)19-14-7-10(15)3-4-11(14)16/h2-8,18H,1H3/t8-/m1/s1. The smallest absolute Gasteiger partial charge is 0.137 e. The summed E-state index contributed by atoms with van der Waals surface area (Å²) >= 11 is 13.1. The van der Waals surface area contributed by atoms with Gasteiger partial charge in [-0.15, -0.1) is 0 Å². The number of halogens is 3. The van der Waals surface area contributed by atoms with Gasteiger partial charge in [-0.3, -0.25) is 0 Å². The van der Waals surface area contributed by atoms with Crippen LogP contribution in [0.3, 0.4) is 0 Å². The van der Waals surface area contributed by atoms with Gasteiger partial charge in [-0.05, 0) is 42.8 Å². The normalized spacial score (nSPS) is 12.5. The minimum atomic E-state index is -0.691. The summed E-state index contributed by atoms with van der Waals surface area (Å²) in [6.07, 6.45) is -0.691. The Balaban J connectivity index is 2.31. The molecule has 0 fully saturated rings. The van der Waals surface area contributed by atoms with Gasteiger partial charge in [-0.25, -0.2) is 4.39 Å². The minimum absolute atomic E-state index is 0.389. The van der Waals surface area contributed by atoms with Gasteiger partial charge in [0.1, 0.15) is 5.82 Å². The van der Waals surface area contributed by atoms with Crippen molar-refractivity contribution in [2.75, 3.05) is 0 Å². The molecule has 5 heteroatoms. The van der Waals surface area contributed by atoms with Crippen molar-refractivity contribution in [1.82, 2.24) is 0 Å². The van der Waals surface area contributed by atoms with E-state index in [1.54, 1.807) is 37.3 Å². The van der Waals surface area contributed by atoms with Crippen LogP contribution in [-0.2, 0) is 0 Å². The van der Waals surface area contributed by atoms with E-state index in [0.29, 0.717) is 25.4 Å². The molecule has 0 heterocycles. The van der Waals surface area contributed by atoms with Crippen LogP contribution in [0.2, 0.25) is 10.0 Å². The molecule has 19 heavy (non-hydrogen) atoms. The summed E-state index contributed by atoms with van der Waals surface area (Å²) in [4.78, 5) is 1.13. The molecule has 0 spiro atoms. The molecule has 0 unspecified atom stereocenters. The summed E-state index contributed by atoms with van der Waals surface area (Å²) in [5.74, 6) is -0.389. The highest BCUT2D eigenvalue weighted by Gasteiger charge is 2.10. The maximum atomic E-state index is 13.9. The van der Waals surface area contributed by atoms with E-state index in [1.807, 2.05) is 0 Å². The van der Waals surface area contributed by atoms with Gasteiger partial charge in [0.2, 0.25) is 0 Å². The lowest BCUT2D eigenvalue weighted by molar-refractivity contribution is 0.198. The molecule has 0 aliphatic heterocycles. The summed E-state index contributed by atoms with van der Waals surface area (Å²) in [6, 6.07) is 9.69. The molecular formula is C14H11Cl2FOS. The first kappa shape index (κ1) is 14.7. The van der Waals surface area contributed by atoms with Crippen molar-refractivity contribution < 1.29 is 9.50 Å². The fourth-order valence-electron chi connectivity index (χ4n) is 1.53. The fourth-order valence-corrected chi connectivity index (χ4v) is 2.88. The van der Waals surface area contributed by atoms with Gasteiger partial charge < -0.3 is 5.11 Å². The third-order valence-corrected chi connectivity index (χ3v) is 4.34. The third-order valence-electron chi connectivity index (χ3n) is 2.55. The van der Waals surface area contributed by atoms with Gasteiger partial charge in [-0.2, -0.15) is 0 Å². The van der Waals surface area contributed by atoms with Crippen LogP contribution in [0.15, 0.2) is 46.2 Å². The molecule has 100 valence electrons. The first-order valence-electron chi connectivity index (χ1n) is 5.58. The molecule has 0 saturated carbocycles. The van der Waals surface area contributed by atoms with Crippen LogP contribution in [-0.4, -0.2) is 5.11 Å². The predicted molar refractivity (Wildman–Crippen MR) is 77.6 cm³/mol. The third kappa shape index (κ3) is 3.63. The van der Waals surface area contributed by atoms with Crippen molar-refractivity contribution in [2.24, 2.45) is 0 Å². The van der Waals surface area contributed by atoms with Crippen LogP contribution in [0.5, 0.6) is 0 Å². The summed E-state index contributed by atoms with van der Waals surface area (Å²) in [7, 11) is 0. The Morgan fingerprint density at radius 2 is 1.84 bits per heavy atom. The molecule has 0 aromatic heterocycles.